The van der Waals surface area contributed by atoms with Gasteiger partial charge in [-0.3, -0.25) is 4.90 Å². The van der Waals surface area contributed by atoms with Gasteiger partial charge < -0.3 is 15.4 Å². The summed E-state index contributed by atoms with van der Waals surface area (Å²) in [5.74, 6) is 0.759. The normalized spacial score (nSPS) is 21.8. The predicted octanol–water partition coefficient (Wildman–Crippen LogP) is 2.76. The Hall–Kier alpha value is -0.810. The van der Waals surface area contributed by atoms with Gasteiger partial charge in [0.15, 0.2) is 0 Å². The largest absolute Gasteiger partial charge is 0.492 e. The zero-order valence-electron chi connectivity index (χ0n) is 13.9. The third-order valence-corrected chi connectivity index (χ3v) is 4.60. The van der Waals surface area contributed by atoms with Crippen LogP contribution in [0.3, 0.4) is 0 Å². The average Bonchev–Trinajstić information content (AvgIpc) is 2.49. The van der Waals surface area contributed by atoms with Crippen LogP contribution in [0.25, 0.3) is 0 Å². The van der Waals surface area contributed by atoms with E-state index in [2.05, 4.69) is 36.8 Å². The van der Waals surface area contributed by atoms with Gasteiger partial charge in [-0.1, -0.05) is 24.6 Å². The highest BCUT2D eigenvalue weighted by Crippen LogP contribution is 2.31. The van der Waals surface area contributed by atoms with Crippen LogP contribution in [-0.2, 0) is 0 Å². The van der Waals surface area contributed by atoms with Gasteiger partial charge in [0.2, 0.25) is 0 Å². The predicted molar refractivity (Wildman–Crippen MR) is 92.7 cm³/mol. The number of benzene rings is 1. The summed E-state index contributed by atoms with van der Waals surface area (Å²) in [6, 6.07) is 6.77. The Morgan fingerprint density at radius 1 is 1.41 bits per heavy atom. The first kappa shape index (κ1) is 17.5. The molecular weight excluding hydrogens is 298 g/mol. The minimum Gasteiger partial charge on any atom is -0.492 e. The number of halogens is 1. The molecule has 0 aromatic heterocycles. The van der Waals surface area contributed by atoms with E-state index in [0.29, 0.717) is 24.2 Å². The van der Waals surface area contributed by atoms with Gasteiger partial charge in [-0.25, -0.2) is 0 Å². The number of likely N-dealkylation sites (N-methyl/N-ethyl adjacent to an activating group) is 1. The quantitative estimate of drug-likeness (QED) is 0.873. The third-order valence-electron chi connectivity index (χ3n) is 4.31. The number of nitrogens with two attached hydrogens (primary N) is 1. The van der Waals surface area contributed by atoms with E-state index in [9.17, 15) is 0 Å². The second-order valence-electron chi connectivity index (χ2n) is 6.14. The molecule has 2 rings (SSSR count). The second-order valence-corrected chi connectivity index (χ2v) is 6.55. The molecule has 1 fully saturated rings. The number of ether oxygens (including phenoxy) is 1. The Morgan fingerprint density at radius 3 is 2.77 bits per heavy atom. The van der Waals surface area contributed by atoms with Crippen molar-refractivity contribution in [3.05, 3.63) is 28.8 Å². The lowest BCUT2D eigenvalue weighted by Gasteiger charge is -2.42. The molecule has 0 aliphatic carbocycles. The molecule has 1 aliphatic heterocycles. The molecule has 1 aromatic carbocycles. The molecule has 1 aromatic rings. The molecule has 22 heavy (non-hydrogen) atoms. The summed E-state index contributed by atoms with van der Waals surface area (Å²) in [7, 11) is 2.17. The van der Waals surface area contributed by atoms with Crippen molar-refractivity contribution in [3.63, 3.8) is 0 Å². The zero-order chi connectivity index (χ0) is 16.1. The van der Waals surface area contributed by atoms with Crippen LogP contribution in [0, 0.1) is 0 Å². The van der Waals surface area contributed by atoms with E-state index in [-0.39, 0.29) is 6.04 Å². The molecule has 0 spiro atoms. The van der Waals surface area contributed by atoms with Gasteiger partial charge in [-0.15, -0.1) is 0 Å². The highest BCUT2D eigenvalue weighted by atomic mass is 35.5. The van der Waals surface area contributed by atoms with Crippen LogP contribution in [0.1, 0.15) is 31.9 Å². The third kappa shape index (κ3) is 4.13. The number of hydrogen-bond donors (Lipinski definition) is 1. The summed E-state index contributed by atoms with van der Waals surface area (Å²) in [5.41, 5.74) is 7.25. The first-order chi connectivity index (χ1) is 10.6. The van der Waals surface area contributed by atoms with E-state index >= 15 is 0 Å². The van der Waals surface area contributed by atoms with Gasteiger partial charge in [0, 0.05) is 38.3 Å². The van der Waals surface area contributed by atoms with E-state index in [1.807, 2.05) is 12.1 Å². The number of nitrogens with zero attached hydrogens (tertiary/aromatic N) is 2. The highest BCUT2D eigenvalue weighted by molar-refractivity contribution is 6.32. The Kier molecular flexibility index (Phi) is 6.50. The summed E-state index contributed by atoms with van der Waals surface area (Å²) < 4.78 is 5.65. The maximum Gasteiger partial charge on any atom is 0.137 e. The molecule has 2 N–H and O–H groups in total. The summed E-state index contributed by atoms with van der Waals surface area (Å²) in [6.45, 7) is 8.81. The van der Waals surface area contributed by atoms with Gasteiger partial charge in [0.25, 0.3) is 0 Å². The topological polar surface area (TPSA) is 41.7 Å². The zero-order valence-corrected chi connectivity index (χ0v) is 14.6. The fourth-order valence-corrected chi connectivity index (χ4v) is 3.38. The van der Waals surface area contributed by atoms with Crippen molar-refractivity contribution in [1.29, 1.82) is 0 Å². The van der Waals surface area contributed by atoms with E-state index in [0.717, 1.165) is 31.8 Å². The minimum absolute atomic E-state index is 0.210. The lowest BCUT2D eigenvalue weighted by atomic mass is 10.0. The van der Waals surface area contributed by atoms with Crippen LogP contribution < -0.4 is 10.5 Å². The van der Waals surface area contributed by atoms with Crippen molar-refractivity contribution in [2.24, 2.45) is 5.73 Å². The molecule has 2 atom stereocenters. The maximum atomic E-state index is 6.37. The van der Waals surface area contributed by atoms with Crippen LogP contribution in [0.2, 0.25) is 5.02 Å². The van der Waals surface area contributed by atoms with Crippen LogP contribution in [-0.4, -0.2) is 55.7 Å². The first-order valence-corrected chi connectivity index (χ1v) is 8.51. The molecule has 4 nitrogen and oxygen atoms in total. The van der Waals surface area contributed by atoms with E-state index in [4.69, 9.17) is 22.1 Å². The lowest BCUT2D eigenvalue weighted by Crippen LogP contribution is -2.52. The summed E-state index contributed by atoms with van der Waals surface area (Å²) >= 11 is 6.37. The minimum atomic E-state index is 0.210. The van der Waals surface area contributed by atoms with Crippen molar-refractivity contribution < 1.29 is 4.74 Å². The molecule has 1 aliphatic rings. The Morgan fingerprint density at radius 2 is 2.18 bits per heavy atom. The van der Waals surface area contributed by atoms with E-state index in [1.165, 1.54) is 5.56 Å². The first-order valence-electron chi connectivity index (χ1n) is 8.13. The van der Waals surface area contributed by atoms with Gasteiger partial charge in [-0.05, 0) is 38.1 Å². The molecule has 1 saturated heterocycles. The van der Waals surface area contributed by atoms with Crippen LogP contribution in [0.5, 0.6) is 5.75 Å². The molecule has 124 valence electrons. The molecule has 1 heterocycles. The molecule has 2 unspecified atom stereocenters. The molecule has 0 saturated carbocycles. The summed E-state index contributed by atoms with van der Waals surface area (Å²) in [5, 5.41) is 0.672. The Bertz CT molecular complexity index is 483. The molecule has 5 heteroatoms. The van der Waals surface area contributed by atoms with Gasteiger partial charge in [0.05, 0.1) is 11.6 Å². The van der Waals surface area contributed by atoms with Crippen LogP contribution >= 0.6 is 11.6 Å². The van der Waals surface area contributed by atoms with Crippen LogP contribution in [0.15, 0.2) is 18.2 Å². The smallest absolute Gasteiger partial charge is 0.137 e. The molecular formula is C17H28ClN3O. The van der Waals surface area contributed by atoms with Crippen LogP contribution in [0.4, 0.5) is 0 Å². The van der Waals surface area contributed by atoms with E-state index in [1.54, 1.807) is 0 Å². The Labute approximate surface area is 139 Å². The van der Waals surface area contributed by atoms with E-state index < -0.39 is 0 Å². The number of rotatable bonds is 6. The van der Waals surface area contributed by atoms with Crippen molar-refractivity contribution in [3.8, 4) is 5.75 Å². The van der Waals surface area contributed by atoms with Gasteiger partial charge in [-0.2, -0.15) is 0 Å². The molecule has 0 amide bonds. The van der Waals surface area contributed by atoms with Crippen molar-refractivity contribution in [2.45, 2.75) is 32.4 Å². The standard InChI is InChI=1S/C17H28ClN3O/c1-4-9-22-17-6-5-14(10-15(17)18)16(11-19)21-8-7-20(3)12-13(21)2/h5-6,10,13,16H,4,7-9,11-12,19H2,1-3H3. The average molecular weight is 326 g/mol. The lowest BCUT2D eigenvalue weighted by molar-refractivity contribution is 0.0635. The monoisotopic (exact) mass is 325 g/mol. The second kappa shape index (κ2) is 8.16. The van der Waals surface area contributed by atoms with Crippen molar-refractivity contribution >= 4 is 11.6 Å². The van der Waals surface area contributed by atoms with Crippen molar-refractivity contribution in [1.82, 2.24) is 9.80 Å². The maximum absolute atomic E-state index is 6.37. The summed E-state index contributed by atoms with van der Waals surface area (Å²) in [4.78, 5) is 4.85. The fraction of sp³-hybridized carbons (Fsp3) is 0.647. The fourth-order valence-electron chi connectivity index (χ4n) is 3.13. The SMILES string of the molecule is CCCOc1ccc(C(CN)N2CCN(C)CC2C)cc1Cl. The van der Waals surface area contributed by atoms with Crippen molar-refractivity contribution in [2.75, 3.05) is 39.8 Å². The Balaban J connectivity index is 2.15. The summed E-state index contributed by atoms with van der Waals surface area (Å²) in [6.07, 6.45) is 0.975. The number of hydrogen-bond acceptors (Lipinski definition) is 4. The van der Waals surface area contributed by atoms with Gasteiger partial charge >= 0.3 is 0 Å². The molecule has 0 radical (unpaired) electrons. The highest BCUT2D eigenvalue weighted by Gasteiger charge is 2.28. The number of piperazine rings is 1. The van der Waals surface area contributed by atoms with Gasteiger partial charge in [0.1, 0.15) is 5.75 Å². The molecule has 0 bridgehead atoms.